The van der Waals surface area contributed by atoms with Crippen LogP contribution in [0, 0.1) is 0 Å². The van der Waals surface area contributed by atoms with Gasteiger partial charge in [0.15, 0.2) is 0 Å². The molecule has 1 aromatic heterocycles. The first-order valence-corrected chi connectivity index (χ1v) is 5.40. The molecular weight excluding hydrogens is 245 g/mol. The van der Waals surface area contributed by atoms with E-state index in [2.05, 4.69) is 4.98 Å². The fourth-order valence-electron chi connectivity index (χ4n) is 1.75. The molecular formula is C12H11F3N2O. The van der Waals surface area contributed by atoms with E-state index in [1.54, 1.807) is 6.20 Å². The second-order valence-corrected chi connectivity index (χ2v) is 3.82. The molecule has 0 atom stereocenters. The quantitative estimate of drug-likeness (QED) is 0.881. The van der Waals surface area contributed by atoms with Crippen LogP contribution in [0.4, 0.5) is 13.2 Å². The summed E-state index contributed by atoms with van der Waals surface area (Å²) in [4.78, 5) is 14.1. The molecule has 0 aliphatic heterocycles. The molecule has 1 heterocycles. The van der Waals surface area contributed by atoms with Gasteiger partial charge in [0.25, 0.3) is 0 Å². The summed E-state index contributed by atoms with van der Waals surface area (Å²) in [6.45, 7) is 1.86. The van der Waals surface area contributed by atoms with Crippen LogP contribution in [0.2, 0.25) is 0 Å². The van der Waals surface area contributed by atoms with Crippen molar-refractivity contribution in [3.63, 3.8) is 0 Å². The van der Waals surface area contributed by atoms with Gasteiger partial charge in [0, 0.05) is 11.9 Å². The Labute approximate surface area is 101 Å². The van der Waals surface area contributed by atoms with E-state index in [4.69, 9.17) is 0 Å². The maximum atomic E-state index is 12.4. The molecule has 0 saturated heterocycles. The molecule has 0 fully saturated rings. The molecule has 0 spiro atoms. The molecule has 96 valence electrons. The van der Waals surface area contributed by atoms with Crippen molar-refractivity contribution >= 4 is 0 Å². The van der Waals surface area contributed by atoms with Crippen molar-refractivity contribution in [2.75, 3.05) is 0 Å². The number of aromatic nitrogens is 2. The SMILES string of the molecule is CCc1c[nH]c(=O)n1-c1ccc(C(F)(F)F)cc1. The fourth-order valence-corrected chi connectivity index (χ4v) is 1.75. The molecule has 2 rings (SSSR count). The molecule has 1 aromatic carbocycles. The average Bonchev–Trinajstić information content (AvgIpc) is 2.69. The summed E-state index contributed by atoms with van der Waals surface area (Å²) in [5, 5.41) is 0. The van der Waals surface area contributed by atoms with Gasteiger partial charge in [0.05, 0.1) is 11.3 Å². The first-order valence-electron chi connectivity index (χ1n) is 5.40. The van der Waals surface area contributed by atoms with E-state index in [-0.39, 0.29) is 5.69 Å². The zero-order valence-corrected chi connectivity index (χ0v) is 9.58. The molecule has 0 saturated carbocycles. The van der Waals surface area contributed by atoms with Crippen LogP contribution in [0.3, 0.4) is 0 Å². The highest BCUT2D eigenvalue weighted by molar-refractivity contribution is 5.37. The molecule has 0 aliphatic carbocycles. The van der Waals surface area contributed by atoms with E-state index >= 15 is 0 Å². The monoisotopic (exact) mass is 256 g/mol. The van der Waals surface area contributed by atoms with Crippen LogP contribution < -0.4 is 5.69 Å². The Morgan fingerprint density at radius 2 is 1.83 bits per heavy atom. The van der Waals surface area contributed by atoms with Gasteiger partial charge in [-0.1, -0.05) is 6.92 Å². The van der Waals surface area contributed by atoms with Gasteiger partial charge in [0.1, 0.15) is 0 Å². The number of aromatic amines is 1. The van der Waals surface area contributed by atoms with Gasteiger partial charge in [-0.2, -0.15) is 13.2 Å². The molecule has 0 amide bonds. The summed E-state index contributed by atoms with van der Waals surface area (Å²) in [6.07, 6.45) is -2.20. The third-order valence-electron chi connectivity index (χ3n) is 2.67. The zero-order chi connectivity index (χ0) is 13.3. The van der Waals surface area contributed by atoms with Crippen LogP contribution in [0.25, 0.3) is 5.69 Å². The summed E-state index contributed by atoms with van der Waals surface area (Å²) in [6, 6.07) is 4.51. The van der Waals surface area contributed by atoms with Crippen LogP contribution in [0.1, 0.15) is 18.2 Å². The van der Waals surface area contributed by atoms with Gasteiger partial charge in [-0.15, -0.1) is 0 Å². The number of hydrogen-bond acceptors (Lipinski definition) is 1. The van der Waals surface area contributed by atoms with E-state index in [1.165, 1.54) is 16.7 Å². The number of hydrogen-bond donors (Lipinski definition) is 1. The molecule has 0 aliphatic rings. The Morgan fingerprint density at radius 3 is 2.33 bits per heavy atom. The lowest BCUT2D eigenvalue weighted by Crippen LogP contribution is -2.17. The number of imidazole rings is 1. The normalized spacial score (nSPS) is 11.8. The van der Waals surface area contributed by atoms with Gasteiger partial charge in [-0.3, -0.25) is 4.57 Å². The fraction of sp³-hybridized carbons (Fsp3) is 0.250. The van der Waals surface area contributed by atoms with E-state index in [0.29, 0.717) is 12.1 Å². The van der Waals surface area contributed by atoms with Gasteiger partial charge in [-0.05, 0) is 30.7 Å². The molecule has 6 heteroatoms. The first kappa shape index (κ1) is 12.5. The zero-order valence-electron chi connectivity index (χ0n) is 9.58. The summed E-state index contributed by atoms with van der Waals surface area (Å²) < 4.78 is 38.6. The Balaban J connectivity index is 2.47. The molecule has 18 heavy (non-hydrogen) atoms. The number of rotatable bonds is 2. The summed E-state index contributed by atoms with van der Waals surface area (Å²) >= 11 is 0. The highest BCUT2D eigenvalue weighted by Gasteiger charge is 2.30. The van der Waals surface area contributed by atoms with Gasteiger partial charge in [-0.25, -0.2) is 4.79 Å². The van der Waals surface area contributed by atoms with Crippen LogP contribution in [-0.4, -0.2) is 9.55 Å². The minimum Gasteiger partial charge on any atom is -0.312 e. The molecule has 0 unspecified atom stereocenters. The van der Waals surface area contributed by atoms with Crippen LogP contribution in [-0.2, 0) is 12.6 Å². The molecule has 0 bridgehead atoms. The predicted octanol–water partition coefficient (Wildman–Crippen LogP) is 2.75. The summed E-state index contributed by atoms with van der Waals surface area (Å²) in [7, 11) is 0. The highest BCUT2D eigenvalue weighted by atomic mass is 19.4. The van der Waals surface area contributed by atoms with Crippen molar-refractivity contribution < 1.29 is 13.2 Å². The number of halogens is 3. The van der Waals surface area contributed by atoms with Gasteiger partial charge >= 0.3 is 11.9 Å². The van der Waals surface area contributed by atoms with Crippen LogP contribution in [0.15, 0.2) is 35.3 Å². The Hall–Kier alpha value is -1.98. The van der Waals surface area contributed by atoms with Crippen molar-refractivity contribution in [1.82, 2.24) is 9.55 Å². The average molecular weight is 256 g/mol. The number of alkyl halides is 3. The van der Waals surface area contributed by atoms with Crippen molar-refractivity contribution in [3.05, 3.63) is 52.2 Å². The minimum absolute atomic E-state index is 0.355. The number of aryl methyl sites for hydroxylation is 1. The smallest absolute Gasteiger partial charge is 0.312 e. The van der Waals surface area contributed by atoms with E-state index in [9.17, 15) is 18.0 Å². The largest absolute Gasteiger partial charge is 0.416 e. The summed E-state index contributed by atoms with van der Waals surface area (Å²) in [5.41, 5.74) is 0.0605. The van der Waals surface area contributed by atoms with E-state index in [1.807, 2.05) is 6.92 Å². The van der Waals surface area contributed by atoms with Crippen molar-refractivity contribution in [2.24, 2.45) is 0 Å². The number of H-pyrrole nitrogens is 1. The topological polar surface area (TPSA) is 37.8 Å². The maximum absolute atomic E-state index is 12.4. The van der Waals surface area contributed by atoms with Gasteiger partial charge < -0.3 is 4.98 Å². The highest BCUT2D eigenvalue weighted by Crippen LogP contribution is 2.29. The van der Waals surface area contributed by atoms with E-state index < -0.39 is 11.7 Å². The first-order chi connectivity index (χ1) is 8.43. The second kappa shape index (κ2) is 4.36. The predicted molar refractivity (Wildman–Crippen MR) is 60.8 cm³/mol. The Bertz CT molecular complexity index is 593. The standard InChI is InChI=1S/C12H11F3N2O/c1-2-9-7-16-11(18)17(9)10-5-3-8(4-6-10)12(13,14)15/h3-7H,2H2,1H3,(H,16,18). The maximum Gasteiger partial charge on any atom is 0.416 e. The third kappa shape index (κ3) is 2.18. The lowest BCUT2D eigenvalue weighted by Gasteiger charge is -2.09. The van der Waals surface area contributed by atoms with Gasteiger partial charge in [0.2, 0.25) is 0 Å². The van der Waals surface area contributed by atoms with E-state index in [0.717, 1.165) is 17.8 Å². The number of nitrogens with one attached hydrogen (secondary N) is 1. The molecule has 1 N–H and O–H groups in total. The lowest BCUT2D eigenvalue weighted by atomic mass is 10.2. The molecule has 2 aromatic rings. The number of nitrogens with zero attached hydrogens (tertiary/aromatic N) is 1. The van der Waals surface area contributed by atoms with Crippen molar-refractivity contribution in [3.8, 4) is 5.69 Å². The Morgan fingerprint density at radius 1 is 1.22 bits per heavy atom. The van der Waals surface area contributed by atoms with Crippen LogP contribution >= 0.6 is 0 Å². The Kier molecular flexibility index (Phi) is 3.02. The van der Waals surface area contributed by atoms with Crippen molar-refractivity contribution in [2.45, 2.75) is 19.5 Å². The third-order valence-corrected chi connectivity index (χ3v) is 2.67. The van der Waals surface area contributed by atoms with Crippen molar-refractivity contribution in [1.29, 1.82) is 0 Å². The lowest BCUT2D eigenvalue weighted by molar-refractivity contribution is -0.137. The second-order valence-electron chi connectivity index (χ2n) is 3.82. The molecule has 3 nitrogen and oxygen atoms in total. The summed E-state index contributed by atoms with van der Waals surface area (Å²) in [5.74, 6) is 0. The van der Waals surface area contributed by atoms with Crippen LogP contribution in [0.5, 0.6) is 0 Å². The molecule has 0 radical (unpaired) electrons. The minimum atomic E-state index is -4.37. The number of benzene rings is 1.